The second-order valence-corrected chi connectivity index (χ2v) is 6.85. The van der Waals surface area contributed by atoms with Gasteiger partial charge in [-0.3, -0.25) is 0 Å². The highest BCUT2D eigenvalue weighted by molar-refractivity contribution is 5.61. The molecule has 0 amide bonds. The van der Waals surface area contributed by atoms with Crippen LogP contribution in [0.15, 0.2) is 24.5 Å². The zero-order chi connectivity index (χ0) is 17.9. The van der Waals surface area contributed by atoms with Crippen molar-refractivity contribution >= 4 is 0 Å². The van der Waals surface area contributed by atoms with Gasteiger partial charge >= 0.3 is 0 Å². The van der Waals surface area contributed by atoms with Crippen LogP contribution < -0.4 is 10.5 Å². The molecule has 0 saturated heterocycles. The van der Waals surface area contributed by atoms with E-state index in [1.54, 1.807) is 13.0 Å². The molecule has 6 heteroatoms. The fourth-order valence-corrected chi connectivity index (χ4v) is 2.67. The lowest BCUT2D eigenvalue weighted by Gasteiger charge is -2.26. The Morgan fingerprint density at radius 1 is 1.17 bits per heavy atom. The second kappa shape index (κ2) is 7.21. The van der Waals surface area contributed by atoms with Gasteiger partial charge in [-0.15, -0.1) is 0 Å². The van der Waals surface area contributed by atoms with Gasteiger partial charge < -0.3 is 10.5 Å². The predicted octanol–water partition coefficient (Wildman–Crippen LogP) is 3.87. The third-order valence-electron chi connectivity index (χ3n) is 3.53. The maximum Gasteiger partial charge on any atom is 0.165 e. The summed E-state index contributed by atoms with van der Waals surface area (Å²) >= 11 is 0. The van der Waals surface area contributed by atoms with Crippen molar-refractivity contribution in [1.82, 2.24) is 9.97 Å². The van der Waals surface area contributed by atoms with E-state index >= 15 is 0 Å². The molecule has 1 aromatic heterocycles. The molecule has 1 atom stereocenters. The third-order valence-corrected chi connectivity index (χ3v) is 3.53. The van der Waals surface area contributed by atoms with Crippen LogP contribution in [-0.2, 0) is 0 Å². The SMILES string of the molecule is Cc1cc(-c2cc(F)c(OCC(C)(N)CC(C)C)cc2F)ncn1. The zero-order valence-corrected chi connectivity index (χ0v) is 14.4. The summed E-state index contributed by atoms with van der Waals surface area (Å²) in [5.41, 5.74) is 6.60. The fourth-order valence-electron chi connectivity index (χ4n) is 2.67. The molecule has 2 aromatic rings. The quantitative estimate of drug-likeness (QED) is 0.870. The monoisotopic (exact) mass is 335 g/mol. The van der Waals surface area contributed by atoms with E-state index in [-0.39, 0.29) is 17.9 Å². The Morgan fingerprint density at radius 2 is 1.88 bits per heavy atom. The summed E-state index contributed by atoms with van der Waals surface area (Å²) in [5, 5.41) is 0. The van der Waals surface area contributed by atoms with Crippen LogP contribution in [0.1, 0.15) is 32.9 Å². The van der Waals surface area contributed by atoms with E-state index in [9.17, 15) is 8.78 Å². The highest BCUT2D eigenvalue weighted by Crippen LogP contribution is 2.29. The van der Waals surface area contributed by atoms with Gasteiger partial charge in [-0.05, 0) is 38.3 Å². The Morgan fingerprint density at radius 3 is 2.50 bits per heavy atom. The summed E-state index contributed by atoms with van der Waals surface area (Å²) in [6.45, 7) is 7.79. The molecule has 0 radical (unpaired) electrons. The summed E-state index contributed by atoms with van der Waals surface area (Å²) in [6.07, 6.45) is 2.04. The van der Waals surface area contributed by atoms with Crippen molar-refractivity contribution in [3.63, 3.8) is 0 Å². The van der Waals surface area contributed by atoms with Gasteiger partial charge in [0.05, 0.1) is 5.69 Å². The molecule has 1 aromatic carbocycles. The average Bonchev–Trinajstić information content (AvgIpc) is 2.46. The largest absolute Gasteiger partial charge is 0.489 e. The van der Waals surface area contributed by atoms with Crippen LogP contribution in [0.5, 0.6) is 5.75 Å². The minimum absolute atomic E-state index is 0.0723. The van der Waals surface area contributed by atoms with Crippen molar-refractivity contribution < 1.29 is 13.5 Å². The maximum absolute atomic E-state index is 14.3. The molecule has 2 rings (SSSR count). The van der Waals surface area contributed by atoms with Crippen LogP contribution >= 0.6 is 0 Å². The molecule has 2 N–H and O–H groups in total. The maximum atomic E-state index is 14.3. The van der Waals surface area contributed by atoms with Crippen molar-refractivity contribution in [3.05, 3.63) is 41.9 Å². The molecule has 1 unspecified atom stereocenters. The molecule has 0 saturated carbocycles. The molecule has 24 heavy (non-hydrogen) atoms. The van der Waals surface area contributed by atoms with Crippen molar-refractivity contribution in [2.45, 2.75) is 39.7 Å². The molecule has 4 nitrogen and oxygen atoms in total. The number of hydrogen-bond acceptors (Lipinski definition) is 4. The van der Waals surface area contributed by atoms with E-state index < -0.39 is 17.2 Å². The van der Waals surface area contributed by atoms with E-state index in [1.807, 2.05) is 20.8 Å². The molecule has 0 fully saturated rings. The minimum atomic E-state index is -0.650. The van der Waals surface area contributed by atoms with E-state index in [0.717, 1.165) is 18.6 Å². The highest BCUT2D eigenvalue weighted by Gasteiger charge is 2.22. The van der Waals surface area contributed by atoms with Crippen molar-refractivity contribution in [1.29, 1.82) is 0 Å². The fraction of sp³-hybridized carbons (Fsp3) is 0.444. The first-order valence-electron chi connectivity index (χ1n) is 7.88. The third kappa shape index (κ3) is 4.71. The molecule has 130 valence electrons. The van der Waals surface area contributed by atoms with Crippen LogP contribution in [0.4, 0.5) is 8.78 Å². The lowest BCUT2D eigenvalue weighted by Crippen LogP contribution is -2.43. The van der Waals surface area contributed by atoms with Gasteiger partial charge in [0, 0.05) is 22.9 Å². The van der Waals surface area contributed by atoms with Crippen LogP contribution in [0.25, 0.3) is 11.3 Å². The number of aryl methyl sites for hydroxylation is 1. The molecular formula is C18H23F2N3O. The normalized spacial score (nSPS) is 13.8. The Bertz CT molecular complexity index is 717. The number of nitrogens with zero attached hydrogens (tertiary/aromatic N) is 2. The van der Waals surface area contributed by atoms with E-state index in [0.29, 0.717) is 17.3 Å². The molecule has 0 aliphatic heterocycles. The number of rotatable bonds is 6. The van der Waals surface area contributed by atoms with Gasteiger partial charge in [0.25, 0.3) is 0 Å². The summed E-state index contributed by atoms with van der Waals surface area (Å²) in [5.74, 6) is -1.02. The van der Waals surface area contributed by atoms with E-state index in [4.69, 9.17) is 10.5 Å². The number of benzene rings is 1. The molecule has 0 bridgehead atoms. The first-order chi connectivity index (χ1) is 11.2. The van der Waals surface area contributed by atoms with Gasteiger partial charge in [0.1, 0.15) is 18.8 Å². The van der Waals surface area contributed by atoms with Gasteiger partial charge in [-0.1, -0.05) is 13.8 Å². The van der Waals surface area contributed by atoms with Crippen LogP contribution in [0, 0.1) is 24.5 Å². The van der Waals surface area contributed by atoms with Gasteiger partial charge in [0.2, 0.25) is 0 Å². The summed E-state index contributed by atoms with van der Waals surface area (Å²) in [4.78, 5) is 7.93. The lowest BCUT2D eigenvalue weighted by atomic mass is 9.93. The lowest BCUT2D eigenvalue weighted by molar-refractivity contribution is 0.199. The van der Waals surface area contributed by atoms with Gasteiger partial charge in [0.15, 0.2) is 11.6 Å². The standard InChI is InChI=1S/C18H23F2N3O/c1-11(2)8-18(4,21)9-24-17-7-14(19)13(6-15(17)20)16-5-12(3)22-10-23-16/h5-7,10-11H,8-9,21H2,1-4H3. The number of aromatic nitrogens is 2. The van der Waals surface area contributed by atoms with Crippen molar-refractivity contribution in [3.8, 4) is 17.0 Å². The Labute approximate surface area is 141 Å². The van der Waals surface area contributed by atoms with E-state index in [1.165, 1.54) is 6.33 Å². The highest BCUT2D eigenvalue weighted by atomic mass is 19.1. The molecule has 1 heterocycles. The van der Waals surface area contributed by atoms with Gasteiger partial charge in [-0.25, -0.2) is 18.7 Å². The first kappa shape index (κ1) is 18.3. The van der Waals surface area contributed by atoms with Crippen molar-refractivity contribution in [2.24, 2.45) is 11.7 Å². The van der Waals surface area contributed by atoms with Gasteiger partial charge in [-0.2, -0.15) is 0 Å². The zero-order valence-electron chi connectivity index (χ0n) is 14.4. The average molecular weight is 335 g/mol. The number of halogens is 2. The molecule has 0 aliphatic rings. The smallest absolute Gasteiger partial charge is 0.165 e. The number of hydrogen-bond donors (Lipinski definition) is 1. The summed E-state index contributed by atoms with van der Waals surface area (Å²) < 4.78 is 34.0. The minimum Gasteiger partial charge on any atom is -0.489 e. The predicted molar refractivity (Wildman–Crippen MR) is 89.7 cm³/mol. The Hall–Kier alpha value is -2.08. The number of ether oxygens (including phenoxy) is 1. The Balaban J connectivity index is 2.21. The molecular weight excluding hydrogens is 312 g/mol. The molecule has 0 spiro atoms. The first-order valence-corrected chi connectivity index (χ1v) is 7.88. The van der Waals surface area contributed by atoms with Crippen LogP contribution in [0.3, 0.4) is 0 Å². The summed E-state index contributed by atoms with van der Waals surface area (Å²) in [7, 11) is 0. The second-order valence-electron chi connectivity index (χ2n) is 6.85. The summed E-state index contributed by atoms with van der Waals surface area (Å²) in [6, 6.07) is 3.72. The Kier molecular flexibility index (Phi) is 5.49. The van der Waals surface area contributed by atoms with Crippen LogP contribution in [0.2, 0.25) is 0 Å². The topological polar surface area (TPSA) is 61.0 Å². The van der Waals surface area contributed by atoms with Crippen LogP contribution in [-0.4, -0.2) is 22.1 Å². The van der Waals surface area contributed by atoms with E-state index in [2.05, 4.69) is 9.97 Å². The van der Waals surface area contributed by atoms with Crippen molar-refractivity contribution in [2.75, 3.05) is 6.61 Å². The molecule has 0 aliphatic carbocycles. The number of nitrogens with two attached hydrogens (primary N) is 1.